The minimum atomic E-state index is 0.130. The lowest BCUT2D eigenvalue weighted by molar-refractivity contribution is -0.137. The molecule has 0 saturated carbocycles. The van der Waals surface area contributed by atoms with E-state index in [0.29, 0.717) is 18.6 Å². The number of hydrogen-bond donors (Lipinski definition) is 0. The third kappa shape index (κ3) is 2.55. The van der Waals surface area contributed by atoms with E-state index in [2.05, 4.69) is 18.7 Å². The number of ether oxygens (including phenoxy) is 1. The van der Waals surface area contributed by atoms with Crippen molar-refractivity contribution in [3.63, 3.8) is 0 Å². The lowest BCUT2D eigenvalue weighted by Gasteiger charge is -2.37. The van der Waals surface area contributed by atoms with Crippen molar-refractivity contribution in [2.24, 2.45) is 5.92 Å². The van der Waals surface area contributed by atoms with Gasteiger partial charge in [0.25, 0.3) is 0 Å². The molecule has 0 aliphatic carbocycles. The highest BCUT2D eigenvalue weighted by Crippen LogP contribution is 2.17. The molecular weight excluding hydrogens is 204 g/mol. The molecule has 1 unspecified atom stereocenters. The zero-order chi connectivity index (χ0) is 11.5. The van der Waals surface area contributed by atoms with Crippen LogP contribution in [0.4, 0.5) is 0 Å². The number of amides is 1. The Labute approximate surface area is 97.5 Å². The third-order valence-corrected chi connectivity index (χ3v) is 3.64. The highest BCUT2D eigenvalue weighted by molar-refractivity contribution is 5.79. The summed E-state index contributed by atoms with van der Waals surface area (Å²) in [7, 11) is 0. The van der Waals surface area contributed by atoms with Crippen molar-refractivity contribution < 1.29 is 9.53 Å². The van der Waals surface area contributed by atoms with Gasteiger partial charge in [-0.2, -0.15) is 0 Å². The molecule has 2 aliphatic rings. The first-order valence-electron chi connectivity index (χ1n) is 6.29. The van der Waals surface area contributed by atoms with E-state index in [1.807, 2.05) is 4.90 Å². The van der Waals surface area contributed by atoms with Gasteiger partial charge in [-0.05, 0) is 20.3 Å². The lowest BCUT2D eigenvalue weighted by Crippen LogP contribution is -2.52. The Kier molecular flexibility index (Phi) is 3.82. The summed E-state index contributed by atoms with van der Waals surface area (Å²) in [5.41, 5.74) is 0. The fourth-order valence-electron chi connectivity index (χ4n) is 2.45. The molecule has 2 rings (SSSR count). The van der Waals surface area contributed by atoms with Crippen LogP contribution in [0.3, 0.4) is 0 Å². The predicted octanol–water partition coefficient (Wildman–Crippen LogP) is 0.575. The van der Waals surface area contributed by atoms with Crippen LogP contribution in [0.5, 0.6) is 0 Å². The van der Waals surface area contributed by atoms with E-state index in [-0.39, 0.29) is 5.92 Å². The number of nitrogens with zero attached hydrogens (tertiary/aromatic N) is 2. The Bertz CT molecular complexity index is 241. The smallest absolute Gasteiger partial charge is 0.228 e. The Morgan fingerprint density at radius 1 is 1.25 bits per heavy atom. The molecule has 4 heteroatoms. The van der Waals surface area contributed by atoms with Crippen LogP contribution < -0.4 is 0 Å². The van der Waals surface area contributed by atoms with Gasteiger partial charge in [0.15, 0.2) is 0 Å². The van der Waals surface area contributed by atoms with Gasteiger partial charge in [-0.25, -0.2) is 0 Å². The average Bonchev–Trinajstić information content (AvgIpc) is 2.81. The van der Waals surface area contributed by atoms with Gasteiger partial charge in [0.2, 0.25) is 5.91 Å². The van der Waals surface area contributed by atoms with E-state index < -0.39 is 0 Å². The third-order valence-electron chi connectivity index (χ3n) is 3.64. The van der Waals surface area contributed by atoms with Crippen molar-refractivity contribution in [1.29, 1.82) is 0 Å². The molecule has 0 aromatic heterocycles. The van der Waals surface area contributed by atoms with Crippen LogP contribution in [0, 0.1) is 5.92 Å². The monoisotopic (exact) mass is 226 g/mol. The molecule has 2 fully saturated rings. The lowest BCUT2D eigenvalue weighted by atomic mass is 10.1. The van der Waals surface area contributed by atoms with Gasteiger partial charge in [0.1, 0.15) is 0 Å². The summed E-state index contributed by atoms with van der Waals surface area (Å²) >= 11 is 0. The van der Waals surface area contributed by atoms with Crippen LogP contribution in [0.15, 0.2) is 0 Å². The number of rotatable bonds is 2. The minimum Gasteiger partial charge on any atom is -0.381 e. The van der Waals surface area contributed by atoms with Gasteiger partial charge in [-0.3, -0.25) is 9.69 Å². The first-order chi connectivity index (χ1) is 7.68. The number of piperazine rings is 1. The van der Waals surface area contributed by atoms with Crippen molar-refractivity contribution in [3.05, 3.63) is 0 Å². The maximum absolute atomic E-state index is 12.1. The number of hydrogen-bond acceptors (Lipinski definition) is 3. The molecule has 0 aromatic rings. The highest BCUT2D eigenvalue weighted by Gasteiger charge is 2.30. The van der Waals surface area contributed by atoms with Crippen molar-refractivity contribution in [1.82, 2.24) is 9.80 Å². The summed E-state index contributed by atoms with van der Waals surface area (Å²) in [5, 5.41) is 0. The standard InChI is InChI=1S/C12H22N2O2/c1-10(2)13-4-6-14(7-5-13)12(15)11-3-8-16-9-11/h10-11H,3-9H2,1-2H3. The molecule has 4 nitrogen and oxygen atoms in total. The Morgan fingerprint density at radius 3 is 2.44 bits per heavy atom. The summed E-state index contributed by atoms with van der Waals surface area (Å²) < 4.78 is 5.27. The molecule has 0 spiro atoms. The molecule has 2 aliphatic heterocycles. The zero-order valence-corrected chi connectivity index (χ0v) is 10.3. The molecule has 0 N–H and O–H groups in total. The number of carbonyl (C=O) groups excluding carboxylic acids is 1. The molecule has 1 amide bonds. The van der Waals surface area contributed by atoms with E-state index in [0.717, 1.165) is 39.2 Å². The van der Waals surface area contributed by atoms with Crippen LogP contribution in [-0.4, -0.2) is 61.1 Å². The minimum absolute atomic E-state index is 0.130. The van der Waals surface area contributed by atoms with Crippen molar-refractivity contribution >= 4 is 5.91 Å². The summed E-state index contributed by atoms with van der Waals surface area (Å²) in [4.78, 5) is 16.5. The molecule has 0 radical (unpaired) electrons. The van der Waals surface area contributed by atoms with Crippen molar-refractivity contribution in [3.8, 4) is 0 Å². The van der Waals surface area contributed by atoms with Gasteiger partial charge in [-0.15, -0.1) is 0 Å². The molecular formula is C12H22N2O2. The van der Waals surface area contributed by atoms with Gasteiger partial charge in [-0.1, -0.05) is 0 Å². The molecule has 16 heavy (non-hydrogen) atoms. The molecule has 0 bridgehead atoms. The fraction of sp³-hybridized carbons (Fsp3) is 0.917. The molecule has 2 heterocycles. The first-order valence-corrected chi connectivity index (χ1v) is 6.29. The van der Waals surface area contributed by atoms with E-state index >= 15 is 0 Å². The fourth-order valence-corrected chi connectivity index (χ4v) is 2.45. The van der Waals surface area contributed by atoms with Crippen LogP contribution in [0.2, 0.25) is 0 Å². The van der Waals surface area contributed by atoms with E-state index in [1.54, 1.807) is 0 Å². The molecule has 92 valence electrons. The summed E-state index contributed by atoms with van der Waals surface area (Å²) in [6, 6.07) is 0.590. The predicted molar refractivity (Wildman–Crippen MR) is 62.2 cm³/mol. The topological polar surface area (TPSA) is 32.8 Å². The van der Waals surface area contributed by atoms with Crippen LogP contribution in [0.25, 0.3) is 0 Å². The van der Waals surface area contributed by atoms with Crippen molar-refractivity contribution in [2.75, 3.05) is 39.4 Å². The zero-order valence-electron chi connectivity index (χ0n) is 10.3. The van der Waals surface area contributed by atoms with Gasteiger partial charge in [0.05, 0.1) is 12.5 Å². The maximum atomic E-state index is 12.1. The largest absolute Gasteiger partial charge is 0.381 e. The van der Waals surface area contributed by atoms with Gasteiger partial charge >= 0.3 is 0 Å². The SMILES string of the molecule is CC(C)N1CCN(C(=O)C2CCOC2)CC1. The normalized spacial score (nSPS) is 27.7. The Morgan fingerprint density at radius 2 is 1.94 bits per heavy atom. The quantitative estimate of drug-likeness (QED) is 0.690. The van der Waals surface area contributed by atoms with Crippen molar-refractivity contribution in [2.45, 2.75) is 26.3 Å². The van der Waals surface area contributed by atoms with Gasteiger partial charge in [0, 0.05) is 38.8 Å². The maximum Gasteiger partial charge on any atom is 0.228 e. The van der Waals surface area contributed by atoms with E-state index in [1.165, 1.54) is 0 Å². The summed E-state index contributed by atoms with van der Waals surface area (Å²) in [6.07, 6.45) is 0.906. The van der Waals surface area contributed by atoms with Crippen LogP contribution in [-0.2, 0) is 9.53 Å². The van der Waals surface area contributed by atoms with Crippen LogP contribution in [0.1, 0.15) is 20.3 Å². The summed E-state index contributed by atoms with van der Waals surface area (Å²) in [5.74, 6) is 0.437. The number of carbonyl (C=O) groups is 1. The highest BCUT2D eigenvalue weighted by atomic mass is 16.5. The second kappa shape index (κ2) is 5.15. The summed E-state index contributed by atoms with van der Waals surface area (Å²) in [6.45, 7) is 9.59. The molecule has 2 saturated heterocycles. The average molecular weight is 226 g/mol. The molecule has 0 aromatic carbocycles. The molecule has 1 atom stereocenters. The van der Waals surface area contributed by atoms with E-state index in [9.17, 15) is 4.79 Å². The Hall–Kier alpha value is -0.610. The first kappa shape index (κ1) is 11.9. The second-order valence-corrected chi connectivity index (χ2v) is 5.02. The Balaban J connectivity index is 1.81. The second-order valence-electron chi connectivity index (χ2n) is 5.02. The van der Waals surface area contributed by atoms with Crippen LogP contribution >= 0.6 is 0 Å². The van der Waals surface area contributed by atoms with Gasteiger partial charge < -0.3 is 9.64 Å². The van der Waals surface area contributed by atoms with E-state index in [4.69, 9.17) is 4.74 Å².